The van der Waals surface area contributed by atoms with Crippen LogP contribution in [-0.2, 0) is 0 Å². The van der Waals surface area contributed by atoms with Crippen LogP contribution in [-0.4, -0.2) is 29.9 Å². The molecule has 0 N–H and O–H groups in total. The number of alkyl halides is 1. The maximum atomic E-state index is 3.57. The van der Waals surface area contributed by atoms with E-state index in [2.05, 4.69) is 69.4 Å². The lowest BCUT2D eigenvalue weighted by Crippen LogP contribution is -2.44. The molecular weight excluding hydrogens is 238 g/mol. The Labute approximate surface area is 98.4 Å². The molecule has 14 heavy (non-hydrogen) atoms. The van der Waals surface area contributed by atoms with Gasteiger partial charge in [-0.25, -0.2) is 0 Å². The zero-order chi connectivity index (χ0) is 11.6. The van der Waals surface area contributed by atoms with Crippen molar-refractivity contribution >= 4 is 15.9 Å². The van der Waals surface area contributed by atoms with Crippen molar-refractivity contribution in [3.63, 3.8) is 0 Å². The van der Waals surface area contributed by atoms with Gasteiger partial charge < -0.3 is 4.90 Å². The first kappa shape index (κ1) is 14.4. The molecule has 0 saturated heterocycles. The van der Waals surface area contributed by atoms with E-state index in [4.69, 9.17) is 0 Å². The second-order valence-electron chi connectivity index (χ2n) is 6.25. The molecule has 0 fully saturated rings. The fourth-order valence-corrected chi connectivity index (χ4v) is 1.69. The second kappa shape index (κ2) is 4.98. The number of hydrogen-bond acceptors (Lipinski definition) is 1. The molecule has 0 amide bonds. The van der Waals surface area contributed by atoms with Crippen LogP contribution in [0.5, 0.6) is 0 Å². The van der Waals surface area contributed by atoms with E-state index in [0.29, 0.717) is 16.9 Å². The molecule has 0 bridgehead atoms. The monoisotopic (exact) mass is 263 g/mol. The Morgan fingerprint density at radius 3 is 1.86 bits per heavy atom. The molecule has 0 aliphatic heterocycles. The van der Waals surface area contributed by atoms with E-state index in [1.165, 1.54) is 0 Å². The first-order valence-electron chi connectivity index (χ1n) is 5.36. The van der Waals surface area contributed by atoms with Crippen LogP contribution >= 0.6 is 15.9 Å². The highest BCUT2D eigenvalue weighted by Gasteiger charge is 2.27. The lowest BCUT2D eigenvalue weighted by molar-refractivity contribution is 0.106. The molecule has 0 rings (SSSR count). The molecule has 0 saturated carbocycles. The average molecular weight is 264 g/mol. The maximum absolute atomic E-state index is 3.57. The lowest BCUT2D eigenvalue weighted by Gasteiger charge is -2.39. The quantitative estimate of drug-likeness (QED) is 0.698. The van der Waals surface area contributed by atoms with Crippen LogP contribution < -0.4 is 0 Å². The van der Waals surface area contributed by atoms with Gasteiger partial charge in [-0.15, -0.1) is 0 Å². The maximum Gasteiger partial charge on any atom is 0.0113 e. The van der Waals surface area contributed by atoms with Crippen LogP contribution in [0.15, 0.2) is 0 Å². The predicted octanol–water partition coefficient (Wildman–Crippen LogP) is 3.77. The molecule has 1 atom stereocenters. The van der Waals surface area contributed by atoms with Gasteiger partial charge in [0.2, 0.25) is 0 Å². The number of rotatable bonds is 4. The molecule has 0 spiro atoms. The topological polar surface area (TPSA) is 3.24 Å². The van der Waals surface area contributed by atoms with Crippen LogP contribution in [0.25, 0.3) is 0 Å². The summed E-state index contributed by atoms with van der Waals surface area (Å²) in [6, 6.07) is 0.612. The number of hydrogen-bond donors (Lipinski definition) is 0. The van der Waals surface area contributed by atoms with Crippen molar-refractivity contribution in [3.05, 3.63) is 0 Å². The van der Waals surface area contributed by atoms with Gasteiger partial charge in [0.05, 0.1) is 0 Å². The van der Waals surface area contributed by atoms with Crippen LogP contribution in [0.3, 0.4) is 0 Å². The third-order valence-corrected chi connectivity index (χ3v) is 4.47. The smallest absolute Gasteiger partial charge is 0.0113 e. The molecule has 1 unspecified atom stereocenters. The Bertz CT molecular complexity index is 170. The van der Waals surface area contributed by atoms with E-state index in [-0.39, 0.29) is 0 Å². The van der Waals surface area contributed by atoms with E-state index in [1.807, 2.05) is 0 Å². The molecule has 86 valence electrons. The van der Waals surface area contributed by atoms with E-state index >= 15 is 0 Å². The Balaban J connectivity index is 4.28. The van der Waals surface area contributed by atoms with Gasteiger partial charge in [-0.05, 0) is 24.8 Å². The fourth-order valence-electron chi connectivity index (χ4n) is 1.52. The first-order valence-corrected chi connectivity index (χ1v) is 6.48. The number of nitrogens with zero attached hydrogens (tertiary/aromatic N) is 1. The minimum absolute atomic E-state index is 0.355. The van der Waals surface area contributed by atoms with Gasteiger partial charge in [-0.3, -0.25) is 0 Å². The molecule has 1 nitrogen and oxygen atoms in total. The van der Waals surface area contributed by atoms with Crippen molar-refractivity contribution in [2.24, 2.45) is 10.8 Å². The van der Waals surface area contributed by atoms with Gasteiger partial charge in [0.1, 0.15) is 0 Å². The third kappa shape index (κ3) is 4.79. The molecule has 0 aromatic rings. The van der Waals surface area contributed by atoms with Gasteiger partial charge in [-0.2, -0.15) is 0 Å². The van der Waals surface area contributed by atoms with Crippen molar-refractivity contribution in [1.82, 2.24) is 4.90 Å². The first-order chi connectivity index (χ1) is 6.10. The molecule has 0 aromatic carbocycles. The zero-order valence-electron chi connectivity index (χ0n) is 10.8. The summed E-state index contributed by atoms with van der Waals surface area (Å²) < 4.78 is 0. The summed E-state index contributed by atoms with van der Waals surface area (Å²) in [6.07, 6.45) is 0. The van der Waals surface area contributed by atoms with Crippen LogP contribution in [0.2, 0.25) is 0 Å². The van der Waals surface area contributed by atoms with E-state index in [1.54, 1.807) is 0 Å². The summed E-state index contributed by atoms with van der Waals surface area (Å²) in [5, 5.41) is 1.06. The van der Waals surface area contributed by atoms with Gasteiger partial charge in [0, 0.05) is 17.9 Å². The molecule has 0 heterocycles. The average Bonchev–Trinajstić information content (AvgIpc) is 2.00. The van der Waals surface area contributed by atoms with Crippen molar-refractivity contribution in [1.29, 1.82) is 0 Å². The Morgan fingerprint density at radius 2 is 1.57 bits per heavy atom. The SMILES string of the molecule is CC(N(C)CC(C)(C)CBr)C(C)(C)C. The Morgan fingerprint density at radius 1 is 1.14 bits per heavy atom. The summed E-state index contributed by atoms with van der Waals surface area (Å²) in [7, 11) is 2.22. The Hall–Kier alpha value is 0.440. The molecule has 2 heteroatoms. The largest absolute Gasteiger partial charge is 0.303 e. The van der Waals surface area contributed by atoms with Crippen molar-refractivity contribution < 1.29 is 0 Å². The normalized spacial score (nSPS) is 16.1. The summed E-state index contributed by atoms with van der Waals surface area (Å²) in [5.41, 5.74) is 0.714. The highest BCUT2D eigenvalue weighted by atomic mass is 79.9. The Kier molecular flexibility index (Phi) is 5.13. The summed E-state index contributed by atoms with van der Waals surface area (Å²) in [6.45, 7) is 14.9. The van der Waals surface area contributed by atoms with Crippen molar-refractivity contribution in [2.45, 2.75) is 47.6 Å². The van der Waals surface area contributed by atoms with Crippen molar-refractivity contribution in [2.75, 3.05) is 18.9 Å². The zero-order valence-corrected chi connectivity index (χ0v) is 12.4. The van der Waals surface area contributed by atoms with E-state index < -0.39 is 0 Å². The van der Waals surface area contributed by atoms with Gasteiger partial charge in [0.25, 0.3) is 0 Å². The lowest BCUT2D eigenvalue weighted by atomic mass is 9.85. The highest BCUT2D eigenvalue weighted by molar-refractivity contribution is 9.09. The minimum atomic E-state index is 0.355. The van der Waals surface area contributed by atoms with E-state index in [9.17, 15) is 0 Å². The van der Waals surface area contributed by atoms with Crippen LogP contribution in [0, 0.1) is 10.8 Å². The van der Waals surface area contributed by atoms with Crippen LogP contribution in [0.1, 0.15) is 41.5 Å². The molecular formula is C12H26BrN. The van der Waals surface area contributed by atoms with Gasteiger partial charge >= 0.3 is 0 Å². The summed E-state index contributed by atoms with van der Waals surface area (Å²) >= 11 is 3.57. The second-order valence-corrected chi connectivity index (χ2v) is 6.82. The summed E-state index contributed by atoms with van der Waals surface area (Å²) in [5.74, 6) is 0. The van der Waals surface area contributed by atoms with Crippen LogP contribution in [0.4, 0.5) is 0 Å². The molecule has 0 aliphatic rings. The molecule has 0 aromatic heterocycles. The van der Waals surface area contributed by atoms with E-state index in [0.717, 1.165) is 11.9 Å². The fraction of sp³-hybridized carbons (Fsp3) is 1.00. The molecule has 0 radical (unpaired) electrons. The predicted molar refractivity (Wildman–Crippen MR) is 69.1 cm³/mol. The highest BCUT2D eigenvalue weighted by Crippen LogP contribution is 2.27. The van der Waals surface area contributed by atoms with Gasteiger partial charge in [-0.1, -0.05) is 50.5 Å². The minimum Gasteiger partial charge on any atom is -0.303 e. The standard InChI is InChI=1S/C12H26BrN/c1-10(11(2,3)4)14(7)9-12(5,6)8-13/h10H,8-9H2,1-7H3. The number of halogens is 1. The van der Waals surface area contributed by atoms with Gasteiger partial charge in [0.15, 0.2) is 0 Å². The molecule has 0 aliphatic carbocycles. The summed E-state index contributed by atoms with van der Waals surface area (Å²) in [4.78, 5) is 2.46. The van der Waals surface area contributed by atoms with Crippen molar-refractivity contribution in [3.8, 4) is 0 Å². The third-order valence-electron chi connectivity index (χ3n) is 2.95.